The third-order valence-electron chi connectivity index (χ3n) is 3.55. The van der Waals surface area contributed by atoms with Crippen molar-refractivity contribution >= 4 is 15.9 Å². The summed E-state index contributed by atoms with van der Waals surface area (Å²) in [6.07, 6.45) is -0.619. The summed E-state index contributed by atoms with van der Waals surface area (Å²) in [6, 6.07) is 9.78. The molecule has 3 heteroatoms. The minimum atomic E-state index is -0.619. The number of hydrogen-bond donors (Lipinski definition) is 1. The molecule has 0 aliphatic carbocycles. The molecule has 0 bridgehead atoms. The lowest BCUT2D eigenvalue weighted by Gasteiger charge is -2.17. The molecule has 2 aromatic carbocycles. The van der Waals surface area contributed by atoms with Gasteiger partial charge in [-0.2, -0.15) is 0 Å². The Balaban J connectivity index is 2.43. The van der Waals surface area contributed by atoms with Crippen molar-refractivity contribution in [2.24, 2.45) is 0 Å². The van der Waals surface area contributed by atoms with Crippen LogP contribution in [0.3, 0.4) is 0 Å². The summed E-state index contributed by atoms with van der Waals surface area (Å²) >= 11 is 3.55. The van der Waals surface area contributed by atoms with Gasteiger partial charge in [0.05, 0.1) is 7.11 Å². The van der Waals surface area contributed by atoms with Gasteiger partial charge in [0.2, 0.25) is 0 Å². The van der Waals surface area contributed by atoms with E-state index in [0.717, 1.165) is 38.0 Å². The van der Waals surface area contributed by atoms with Gasteiger partial charge >= 0.3 is 0 Å². The molecule has 1 N–H and O–H groups in total. The van der Waals surface area contributed by atoms with Crippen molar-refractivity contribution in [3.63, 3.8) is 0 Å². The minimum Gasteiger partial charge on any atom is -0.497 e. The second-order valence-electron chi connectivity index (χ2n) is 5.09. The van der Waals surface area contributed by atoms with E-state index in [2.05, 4.69) is 15.9 Å². The summed E-state index contributed by atoms with van der Waals surface area (Å²) in [4.78, 5) is 0. The lowest BCUT2D eigenvalue weighted by Crippen LogP contribution is -2.03. The first-order chi connectivity index (χ1) is 9.43. The van der Waals surface area contributed by atoms with E-state index in [1.54, 1.807) is 7.11 Å². The molecule has 2 rings (SSSR count). The fourth-order valence-corrected chi connectivity index (χ4v) is 2.63. The molecule has 20 heavy (non-hydrogen) atoms. The average Bonchev–Trinajstić information content (AvgIpc) is 2.43. The molecule has 0 saturated heterocycles. The quantitative estimate of drug-likeness (QED) is 0.897. The van der Waals surface area contributed by atoms with E-state index in [4.69, 9.17) is 4.74 Å². The molecule has 2 aromatic rings. The molecule has 0 saturated carbocycles. The predicted octanol–water partition coefficient (Wildman–Crippen LogP) is 4.46. The molecule has 0 radical (unpaired) electrons. The molecule has 1 atom stereocenters. The molecular weight excluding hydrogens is 316 g/mol. The van der Waals surface area contributed by atoms with Crippen molar-refractivity contribution in [1.82, 2.24) is 0 Å². The van der Waals surface area contributed by atoms with Crippen molar-refractivity contribution in [3.8, 4) is 5.75 Å². The van der Waals surface area contributed by atoms with Crippen molar-refractivity contribution < 1.29 is 9.84 Å². The third-order valence-corrected chi connectivity index (χ3v) is 4.80. The van der Waals surface area contributed by atoms with Gasteiger partial charge in [-0.3, -0.25) is 0 Å². The number of halogens is 1. The summed E-state index contributed by atoms with van der Waals surface area (Å²) in [5.74, 6) is 0.807. The SMILES string of the molecule is COc1ccc(C(O)c2cc(C)c(Br)c(C)c2)c(C)c1. The normalized spacial score (nSPS) is 12.3. The Bertz CT molecular complexity index is 612. The molecule has 0 aliphatic rings. The Morgan fingerprint density at radius 3 is 2.10 bits per heavy atom. The van der Waals surface area contributed by atoms with Gasteiger partial charge in [0.25, 0.3) is 0 Å². The van der Waals surface area contributed by atoms with Crippen LogP contribution in [0.15, 0.2) is 34.8 Å². The number of methoxy groups -OCH3 is 1. The van der Waals surface area contributed by atoms with E-state index >= 15 is 0 Å². The minimum absolute atomic E-state index is 0.619. The first kappa shape index (κ1) is 15.1. The van der Waals surface area contributed by atoms with Crippen LogP contribution in [0.25, 0.3) is 0 Å². The van der Waals surface area contributed by atoms with Crippen LogP contribution in [0, 0.1) is 20.8 Å². The number of ether oxygens (including phenoxy) is 1. The molecule has 0 aromatic heterocycles. The van der Waals surface area contributed by atoms with Crippen LogP contribution < -0.4 is 4.74 Å². The zero-order valence-corrected chi connectivity index (χ0v) is 13.8. The molecule has 0 spiro atoms. The molecular formula is C17H19BrO2. The van der Waals surface area contributed by atoms with Crippen LogP contribution >= 0.6 is 15.9 Å². The average molecular weight is 335 g/mol. The van der Waals surface area contributed by atoms with Crippen LogP contribution in [-0.2, 0) is 0 Å². The first-order valence-electron chi connectivity index (χ1n) is 6.53. The summed E-state index contributed by atoms with van der Waals surface area (Å²) in [5, 5.41) is 10.6. The van der Waals surface area contributed by atoms with E-state index in [1.807, 2.05) is 51.1 Å². The van der Waals surface area contributed by atoms with Crippen molar-refractivity contribution in [2.75, 3.05) is 7.11 Å². The number of aliphatic hydroxyl groups is 1. The van der Waals surface area contributed by atoms with Crippen molar-refractivity contribution in [1.29, 1.82) is 0 Å². The van der Waals surface area contributed by atoms with E-state index in [1.165, 1.54) is 0 Å². The fraction of sp³-hybridized carbons (Fsp3) is 0.294. The van der Waals surface area contributed by atoms with E-state index in [-0.39, 0.29) is 0 Å². The molecule has 1 unspecified atom stereocenters. The maximum Gasteiger partial charge on any atom is 0.119 e. The van der Waals surface area contributed by atoms with Gasteiger partial charge in [-0.05, 0) is 60.7 Å². The highest BCUT2D eigenvalue weighted by Gasteiger charge is 2.15. The van der Waals surface area contributed by atoms with Gasteiger partial charge in [-0.25, -0.2) is 0 Å². The summed E-state index contributed by atoms with van der Waals surface area (Å²) < 4.78 is 6.30. The number of hydrogen-bond acceptors (Lipinski definition) is 2. The van der Waals surface area contributed by atoms with Crippen LogP contribution in [0.5, 0.6) is 5.75 Å². The standard InChI is InChI=1S/C17H19BrO2/c1-10-9-14(20-4)5-6-15(10)17(19)13-7-11(2)16(18)12(3)8-13/h5-9,17,19H,1-4H3. The smallest absolute Gasteiger partial charge is 0.119 e. The Hall–Kier alpha value is -1.32. The van der Waals surface area contributed by atoms with E-state index in [9.17, 15) is 5.11 Å². The second kappa shape index (κ2) is 5.98. The number of aryl methyl sites for hydroxylation is 3. The Kier molecular flexibility index (Phi) is 4.51. The Labute approximate surface area is 128 Å². The second-order valence-corrected chi connectivity index (χ2v) is 5.89. The van der Waals surface area contributed by atoms with E-state index in [0.29, 0.717) is 0 Å². The van der Waals surface area contributed by atoms with Gasteiger partial charge < -0.3 is 9.84 Å². The van der Waals surface area contributed by atoms with Gasteiger partial charge in [-0.1, -0.05) is 34.1 Å². The molecule has 2 nitrogen and oxygen atoms in total. The lowest BCUT2D eigenvalue weighted by molar-refractivity contribution is 0.219. The molecule has 0 amide bonds. The highest BCUT2D eigenvalue weighted by atomic mass is 79.9. The van der Waals surface area contributed by atoms with Crippen LogP contribution in [-0.4, -0.2) is 12.2 Å². The monoisotopic (exact) mass is 334 g/mol. The maximum atomic E-state index is 10.6. The van der Waals surface area contributed by atoms with Gasteiger partial charge in [0, 0.05) is 4.47 Å². The van der Waals surface area contributed by atoms with E-state index < -0.39 is 6.10 Å². The highest BCUT2D eigenvalue weighted by molar-refractivity contribution is 9.10. The molecule has 0 heterocycles. The summed E-state index contributed by atoms with van der Waals surface area (Å²) in [7, 11) is 1.65. The summed E-state index contributed by atoms with van der Waals surface area (Å²) in [5.41, 5.74) is 5.11. The zero-order chi connectivity index (χ0) is 14.9. The predicted molar refractivity (Wildman–Crippen MR) is 85.4 cm³/mol. The summed E-state index contributed by atoms with van der Waals surface area (Å²) in [6.45, 7) is 6.06. The van der Waals surface area contributed by atoms with Crippen molar-refractivity contribution in [3.05, 3.63) is 62.6 Å². The molecule has 106 valence electrons. The Morgan fingerprint density at radius 2 is 1.60 bits per heavy atom. The van der Waals surface area contributed by atoms with Gasteiger partial charge in [0.15, 0.2) is 0 Å². The zero-order valence-electron chi connectivity index (χ0n) is 12.2. The third kappa shape index (κ3) is 2.89. The van der Waals surface area contributed by atoms with Gasteiger partial charge in [0.1, 0.15) is 11.9 Å². The van der Waals surface area contributed by atoms with Crippen LogP contribution in [0.2, 0.25) is 0 Å². The topological polar surface area (TPSA) is 29.5 Å². The number of aliphatic hydroxyl groups excluding tert-OH is 1. The Morgan fingerprint density at radius 1 is 1.00 bits per heavy atom. The maximum absolute atomic E-state index is 10.6. The van der Waals surface area contributed by atoms with Crippen molar-refractivity contribution in [2.45, 2.75) is 26.9 Å². The molecule has 0 aliphatic heterocycles. The molecule has 0 fully saturated rings. The number of rotatable bonds is 3. The number of benzene rings is 2. The van der Waals surface area contributed by atoms with Gasteiger partial charge in [-0.15, -0.1) is 0 Å². The van der Waals surface area contributed by atoms with Crippen LogP contribution in [0.1, 0.15) is 33.9 Å². The fourth-order valence-electron chi connectivity index (χ4n) is 2.40. The highest BCUT2D eigenvalue weighted by Crippen LogP contribution is 2.31. The first-order valence-corrected chi connectivity index (χ1v) is 7.32. The largest absolute Gasteiger partial charge is 0.497 e. The van der Waals surface area contributed by atoms with Crippen LogP contribution in [0.4, 0.5) is 0 Å². The lowest BCUT2D eigenvalue weighted by atomic mass is 9.95.